The summed E-state index contributed by atoms with van der Waals surface area (Å²) in [5.41, 5.74) is 10.9. The van der Waals surface area contributed by atoms with E-state index in [-0.39, 0.29) is 12.2 Å². The molecule has 3 N–H and O–H groups in total. The number of dihydropyridines is 1. The normalized spacial score (nSPS) is 20.3. The van der Waals surface area contributed by atoms with Crippen molar-refractivity contribution >= 4 is 49.2 Å². The van der Waals surface area contributed by atoms with Gasteiger partial charge >= 0.3 is 0 Å². The molecule has 2 aromatic heterocycles. The Bertz CT molecular complexity index is 2370. The number of nitrogens with zero attached hydrogens (tertiary/aromatic N) is 2. The topological polar surface area (TPSA) is 46.0 Å². The Morgan fingerprint density at radius 2 is 1.14 bits per heavy atom. The lowest BCUT2D eigenvalue weighted by molar-refractivity contribution is 0.379. The summed E-state index contributed by atoms with van der Waals surface area (Å²) in [5, 5.41) is 16.1. The Morgan fingerprint density at radius 3 is 1.60 bits per heavy atom. The molecule has 3 aliphatic rings. The van der Waals surface area contributed by atoms with Crippen LogP contribution in [0.5, 0.6) is 0 Å². The van der Waals surface area contributed by atoms with Crippen LogP contribution < -0.4 is 16.0 Å². The third kappa shape index (κ3) is 4.73. The molecule has 0 amide bonds. The first-order valence-corrected chi connectivity index (χ1v) is 17.6. The zero-order valence-corrected chi connectivity index (χ0v) is 27.6. The van der Waals surface area contributed by atoms with Crippen LogP contribution in [0.2, 0.25) is 0 Å². The molecule has 0 bridgehead atoms. The van der Waals surface area contributed by atoms with E-state index in [9.17, 15) is 0 Å². The third-order valence-electron chi connectivity index (χ3n) is 10.6. The van der Waals surface area contributed by atoms with Gasteiger partial charge in [0.15, 0.2) is 0 Å². The number of allylic oxidation sites excluding steroid dienone is 3. The second kappa shape index (κ2) is 11.8. The fraction of sp³-hybridized carbons (Fsp3) is 0.111. The van der Waals surface area contributed by atoms with Gasteiger partial charge in [0.2, 0.25) is 0 Å². The summed E-state index contributed by atoms with van der Waals surface area (Å²) in [6, 6.07) is 42.4. The first kappa shape index (κ1) is 28.9. The standard InChI is InChI=1S/C45H37N5/c1-5-16-41-36(11-1)37-12-2-6-17-42(37)49(41)34-25-32(26-35(27-34)50-43-18-7-3-13-38(43)39-14-4-8-19-44(39)50)33-28-47-45(48-29-33)31-22-20-30(21-23-31)40-15-9-10-24-46-40/h1-22,24-28,31,40,45-48H,23,29H2. The minimum atomic E-state index is 0.167. The predicted molar refractivity (Wildman–Crippen MR) is 209 cm³/mol. The molecule has 0 saturated carbocycles. The molecule has 50 heavy (non-hydrogen) atoms. The largest absolute Gasteiger partial charge is 0.381 e. The first-order valence-electron chi connectivity index (χ1n) is 17.6. The van der Waals surface area contributed by atoms with Gasteiger partial charge in [0.05, 0.1) is 34.3 Å². The molecule has 2 aliphatic heterocycles. The molecule has 3 atom stereocenters. The van der Waals surface area contributed by atoms with Gasteiger partial charge in [-0.1, -0.05) is 103 Å². The van der Waals surface area contributed by atoms with Gasteiger partial charge < -0.3 is 19.8 Å². The third-order valence-corrected chi connectivity index (χ3v) is 10.6. The predicted octanol–water partition coefficient (Wildman–Crippen LogP) is 9.28. The van der Waals surface area contributed by atoms with Crippen molar-refractivity contribution in [2.75, 3.05) is 6.54 Å². The minimum absolute atomic E-state index is 0.167. The molecule has 0 radical (unpaired) electrons. The van der Waals surface area contributed by atoms with Crippen molar-refractivity contribution in [3.05, 3.63) is 175 Å². The van der Waals surface area contributed by atoms with Crippen LogP contribution in [0.3, 0.4) is 0 Å². The first-order chi connectivity index (χ1) is 24.8. The molecule has 7 aromatic rings. The lowest BCUT2D eigenvalue weighted by Gasteiger charge is -2.32. The number of aromatic nitrogens is 2. The van der Waals surface area contributed by atoms with Crippen LogP contribution >= 0.6 is 0 Å². The smallest absolute Gasteiger partial charge is 0.0833 e. The van der Waals surface area contributed by atoms with E-state index < -0.39 is 0 Å². The highest BCUT2D eigenvalue weighted by atomic mass is 15.1. The average molecular weight is 648 g/mol. The van der Waals surface area contributed by atoms with Crippen molar-refractivity contribution in [2.45, 2.75) is 18.6 Å². The number of para-hydroxylation sites is 4. The molecule has 5 heteroatoms. The number of hydrogen-bond donors (Lipinski definition) is 3. The Kier molecular flexibility index (Phi) is 6.84. The van der Waals surface area contributed by atoms with Crippen molar-refractivity contribution in [1.82, 2.24) is 25.1 Å². The van der Waals surface area contributed by atoms with E-state index in [1.807, 2.05) is 12.3 Å². The van der Waals surface area contributed by atoms with Crippen LogP contribution in [0.25, 0.3) is 60.6 Å². The van der Waals surface area contributed by atoms with E-state index in [4.69, 9.17) is 0 Å². The van der Waals surface area contributed by atoms with E-state index >= 15 is 0 Å². The van der Waals surface area contributed by atoms with Crippen molar-refractivity contribution in [2.24, 2.45) is 5.92 Å². The number of fused-ring (bicyclic) bond motifs is 6. The molecule has 1 aliphatic carbocycles. The Hall–Kier alpha value is -6.04. The van der Waals surface area contributed by atoms with Gasteiger partial charge in [-0.25, -0.2) is 0 Å². The van der Waals surface area contributed by atoms with Crippen LogP contribution in [-0.2, 0) is 0 Å². The van der Waals surface area contributed by atoms with Gasteiger partial charge in [-0.15, -0.1) is 0 Å². The van der Waals surface area contributed by atoms with Crippen molar-refractivity contribution < 1.29 is 0 Å². The maximum atomic E-state index is 3.84. The van der Waals surface area contributed by atoms with E-state index in [0.717, 1.165) is 24.3 Å². The van der Waals surface area contributed by atoms with Crippen LogP contribution in [0.1, 0.15) is 12.0 Å². The molecule has 5 nitrogen and oxygen atoms in total. The van der Waals surface area contributed by atoms with Crippen molar-refractivity contribution in [3.63, 3.8) is 0 Å². The lowest BCUT2D eigenvalue weighted by atomic mass is 9.90. The zero-order valence-electron chi connectivity index (χ0n) is 27.6. The summed E-state index contributed by atoms with van der Waals surface area (Å²) in [6.45, 7) is 0.777. The van der Waals surface area contributed by atoms with Gasteiger partial charge in [-0.3, -0.25) is 5.32 Å². The highest BCUT2D eigenvalue weighted by molar-refractivity contribution is 6.10. The molecule has 3 unspecified atom stereocenters. The maximum absolute atomic E-state index is 3.84. The van der Waals surface area contributed by atoms with E-state index in [1.165, 1.54) is 60.3 Å². The molecule has 0 spiro atoms. The summed E-state index contributed by atoms with van der Waals surface area (Å²) in [5.74, 6) is 0.372. The van der Waals surface area contributed by atoms with Gasteiger partial charge in [-0.2, -0.15) is 0 Å². The second-order valence-corrected chi connectivity index (χ2v) is 13.5. The van der Waals surface area contributed by atoms with E-state index in [1.54, 1.807) is 0 Å². The Balaban J connectivity index is 1.08. The number of nitrogens with one attached hydrogen (secondary N) is 3. The number of benzene rings is 5. The SMILES string of the molecule is C1=CNC(C2=CCC(C3NC=C(c4cc(-n5c6ccccc6c6ccccc65)cc(-n5c6ccccc6c6ccccc65)c4)CN3)C=C2)C=C1. The van der Waals surface area contributed by atoms with Crippen LogP contribution in [0, 0.1) is 5.92 Å². The van der Waals surface area contributed by atoms with E-state index in [0.29, 0.717) is 5.92 Å². The maximum Gasteiger partial charge on any atom is 0.0833 e. The van der Waals surface area contributed by atoms with Crippen molar-refractivity contribution in [1.29, 1.82) is 0 Å². The number of rotatable bonds is 5. The van der Waals surface area contributed by atoms with Crippen LogP contribution in [-0.4, -0.2) is 27.9 Å². The average Bonchev–Trinajstić information content (AvgIpc) is 3.71. The fourth-order valence-electron chi connectivity index (χ4n) is 8.21. The number of hydrogen-bond acceptors (Lipinski definition) is 3. The molecule has 242 valence electrons. The summed E-state index contributed by atoms with van der Waals surface area (Å²) in [7, 11) is 0. The summed E-state index contributed by atoms with van der Waals surface area (Å²) in [6.07, 6.45) is 18.8. The zero-order chi connectivity index (χ0) is 33.0. The fourth-order valence-corrected chi connectivity index (χ4v) is 8.21. The highest BCUT2D eigenvalue weighted by Crippen LogP contribution is 2.37. The van der Waals surface area contributed by atoms with Gasteiger partial charge in [0, 0.05) is 51.6 Å². The molecule has 4 heterocycles. The molecule has 0 saturated heterocycles. The molecular formula is C45H37N5. The van der Waals surface area contributed by atoms with Crippen LogP contribution in [0.15, 0.2) is 170 Å². The molecule has 10 rings (SSSR count). The molecular weight excluding hydrogens is 611 g/mol. The van der Waals surface area contributed by atoms with Crippen LogP contribution in [0.4, 0.5) is 0 Å². The Morgan fingerprint density at radius 1 is 0.580 bits per heavy atom. The van der Waals surface area contributed by atoms with Crippen molar-refractivity contribution in [3.8, 4) is 11.4 Å². The Labute approximate surface area is 291 Å². The van der Waals surface area contributed by atoms with E-state index in [2.05, 4.69) is 177 Å². The summed E-state index contributed by atoms with van der Waals surface area (Å²) < 4.78 is 4.86. The minimum Gasteiger partial charge on any atom is -0.381 e. The highest BCUT2D eigenvalue weighted by Gasteiger charge is 2.25. The van der Waals surface area contributed by atoms with Gasteiger partial charge in [0.25, 0.3) is 0 Å². The molecule has 5 aromatic carbocycles. The van der Waals surface area contributed by atoms with Gasteiger partial charge in [0.1, 0.15) is 0 Å². The quantitative estimate of drug-likeness (QED) is 0.175. The summed E-state index contributed by atoms with van der Waals surface area (Å²) >= 11 is 0. The summed E-state index contributed by atoms with van der Waals surface area (Å²) in [4.78, 5) is 0. The molecule has 0 fully saturated rings. The monoisotopic (exact) mass is 647 g/mol. The lowest BCUT2D eigenvalue weighted by Crippen LogP contribution is -2.48. The van der Waals surface area contributed by atoms with Gasteiger partial charge in [-0.05, 0) is 77.9 Å². The second-order valence-electron chi connectivity index (χ2n) is 13.5.